The summed E-state index contributed by atoms with van der Waals surface area (Å²) in [5.74, 6) is -1.11. The Labute approximate surface area is 229 Å². The lowest BCUT2D eigenvalue weighted by molar-refractivity contribution is -0.112. The molecule has 5 rings (SSSR count). The van der Waals surface area contributed by atoms with E-state index in [1.165, 1.54) is 6.08 Å². The Morgan fingerprint density at radius 3 is 2.41 bits per heavy atom. The molecular weight excluding hydrogens is 488 g/mol. The number of rotatable bonds is 5. The highest BCUT2D eigenvalue weighted by Gasteiger charge is 2.48. The molecule has 2 heterocycles. The Morgan fingerprint density at radius 2 is 1.74 bits per heavy atom. The van der Waals surface area contributed by atoms with Crippen LogP contribution in [0.5, 0.6) is 11.5 Å². The second kappa shape index (κ2) is 9.53. The molecule has 0 bridgehead atoms. The van der Waals surface area contributed by atoms with E-state index in [0.717, 1.165) is 34.1 Å². The summed E-state index contributed by atoms with van der Waals surface area (Å²) in [6.45, 7) is 13.8. The number of fused-ring (bicyclic) bond motifs is 3. The highest BCUT2D eigenvalue weighted by Crippen LogP contribution is 2.50. The average molecular weight is 527 g/mol. The smallest absolute Gasteiger partial charge is 0.181 e. The van der Waals surface area contributed by atoms with Crippen molar-refractivity contribution in [3.8, 4) is 11.5 Å². The zero-order valence-corrected chi connectivity index (χ0v) is 23.8. The molecule has 2 atom stereocenters. The number of H-pyrrole nitrogens is 1. The quantitative estimate of drug-likeness (QED) is 0.293. The number of aryl methyl sites for hydroxylation is 1. The first-order chi connectivity index (χ1) is 18.3. The number of phenols is 2. The maximum atomic E-state index is 13.0. The van der Waals surface area contributed by atoms with Crippen LogP contribution < -0.4 is 0 Å². The number of phenolic OH excluding ortho intramolecular Hbond substituents is 2. The molecule has 0 saturated heterocycles. The Morgan fingerprint density at radius 1 is 1.03 bits per heavy atom. The number of aromatic hydroxyl groups is 2. The molecule has 2 aromatic carbocycles. The van der Waals surface area contributed by atoms with E-state index in [0.29, 0.717) is 40.1 Å². The normalized spacial score (nSPS) is 20.3. The van der Waals surface area contributed by atoms with Crippen LogP contribution in [-0.4, -0.2) is 43.9 Å². The number of aromatic amines is 1. The monoisotopic (exact) mass is 526 g/mol. The lowest BCUT2D eigenvalue weighted by Gasteiger charge is -2.40. The third-order valence-corrected chi connectivity index (χ3v) is 8.46. The number of aliphatic imine (C=N–C) groups is 1. The van der Waals surface area contributed by atoms with Gasteiger partial charge in [-0.2, -0.15) is 0 Å². The van der Waals surface area contributed by atoms with Crippen molar-refractivity contribution in [1.82, 2.24) is 4.98 Å². The van der Waals surface area contributed by atoms with Gasteiger partial charge in [0, 0.05) is 34.1 Å². The van der Waals surface area contributed by atoms with Gasteiger partial charge >= 0.3 is 0 Å². The Balaban J connectivity index is 1.87. The van der Waals surface area contributed by atoms with Gasteiger partial charge in [0.2, 0.25) is 0 Å². The zero-order chi connectivity index (χ0) is 28.4. The van der Waals surface area contributed by atoms with E-state index in [4.69, 9.17) is 4.99 Å². The molecule has 6 heteroatoms. The average Bonchev–Trinajstić information content (AvgIpc) is 3.24. The Hall–Kier alpha value is -3.64. The molecule has 3 aromatic rings. The second-order valence-electron chi connectivity index (χ2n) is 11.8. The van der Waals surface area contributed by atoms with Crippen molar-refractivity contribution in [2.75, 3.05) is 6.54 Å². The Kier molecular flexibility index (Phi) is 6.58. The van der Waals surface area contributed by atoms with Crippen molar-refractivity contribution in [2.45, 2.75) is 72.3 Å². The molecule has 0 amide bonds. The van der Waals surface area contributed by atoms with E-state index >= 15 is 0 Å². The fourth-order valence-electron chi connectivity index (χ4n) is 6.18. The zero-order valence-electron chi connectivity index (χ0n) is 23.8. The number of aliphatic hydroxyl groups is 1. The first-order valence-electron chi connectivity index (χ1n) is 13.7. The fourth-order valence-corrected chi connectivity index (χ4v) is 6.18. The van der Waals surface area contributed by atoms with Gasteiger partial charge in [0.15, 0.2) is 5.78 Å². The Bertz CT molecular complexity index is 1600. The van der Waals surface area contributed by atoms with Gasteiger partial charge in [-0.3, -0.25) is 9.79 Å². The molecule has 39 heavy (non-hydrogen) atoms. The number of nitrogens with zero attached hydrogens (tertiary/aromatic N) is 1. The summed E-state index contributed by atoms with van der Waals surface area (Å²) in [5.41, 5.74) is 5.46. The first kappa shape index (κ1) is 26.9. The van der Waals surface area contributed by atoms with E-state index in [1.54, 1.807) is 26.0 Å². The third kappa shape index (κ3) is 4.22. The van der Waals surface area contributed by atoms with Gasteiger partial charge in [-0.05, 0) is 85.6 Å². The molecule has 2 unspecified atom stereocenters. The number of benzene rings is 2. The highest BCUT2D eigenvalue weighted by molar-refractivity contribution is 6.12. The molecule has 0 spiro atoms. The number of aromatic nitrogens is 1. The molecule has 0 saturated carbocycles. The maximum Gasteiger partial charge on any atom is 0.181 e. The molecule has 1 aromatic heterocycles. The van der Waals surface area contributed by atoms with Crippen LogP contribution in [0.1, 0.15) is 80.0 Å². The number of carbonyl (C=O) groups is 1. The van der Waals surface area contributed by atoms with Crippen molar-refractivity contribution in [3.63, 3.8) is 0 Å². The number of nitrogens with one attached hydrogen (secondary N) is 1. The summed E-state index contributed by atoms with van der Waals surface area (Å²) >= 11 is 0. The summed E-state index contributed by atoms with van der Waals surface area (Å²) in [6, 6.07) is 7.90. The highest BCUT2D eigenvalue weighted by atomic mass is 16.3. The van der Waals surface area contributed by atoms with Crippen molar-refractivity contribution in [3.05, 3.63) is 81.1 Å². The summed E-state index contributed by atoms with van der Waals surface area (Å²) in [7, 11) is 0. The largest absolute Gasteiger partial charge is 0.508 e. The molecule has 204 valence electrons. The van der Waals surface area contributed by atoms with Crippen LogP contribution in [0.25, 0.3) is 10.9 Å². The molecule has 1 aliphatic carbocycles. The molecule has 6 nitrogen and oxygen atoms in total. The van der Waals surface area contributed by atoms with Gasteiger partial charge in [-0.1, -0.05) is 39.8 Å². The van der Waals surface area contributed by atoms with Crippen LogP contribution in [0.2, 0.25) is 0 Å². The SMILES string of the molecule is CC1=CC(=O)C(C(C)C)=CC1(O)C(C1=NCCc2c1[nH]c1cc(C)ccc21)c1c(C)c(O)cc(C(C)C)c1O. The number of carbonyl (C=O) groups excluding carboxylic acids is 1. The molecule has 0 radical (unpaired) electrons. The standard InChI is InChI=1S/C33H38N2O4/c1-16(2)23-14-26(36)20(7)28(32(23)38)29(33(39)15-24(17(3)4)27(37)13-19(33)6)31-30-22(10-11-34-31)21-9-8-18(5)12-25(21)35-30/h8-9,12-17,29,35-36,38-39H,10-11H2,1-7H3. The van der Waals surface area contributed by atoms with Crippen LogP contribution >= 0.6 is 0 Å². The molecule has 2 aliphatic rings. The summed E-state index contributed by atoms with van der Waals surface area (Å²) < 4.78 is 0. The fraction of sp³-hybridized carbons (Fsp3) is 0.394. The summed E-state index contributed by atoms with van der Waals surface area (Å²) in [6.07, 6.45) is 3.90. The summed E-state index contributed by atoms with van der Waals surface area (Å²) in [5, 5.41) is 36.6. The van der Waals surface area contributed by atoms with Crippen LogP contribution in [0.3, 0.4) is 0 Å². The number of ketones is 1. The minimum atomic E-state index is -1.67. The predicted molar refractivity (Wildman–Crippen MR) is 156 cm³/mol. The van der Waals surface area contributed by atoms with E-state index < -0.39 is 11.5 Å². The van der Waals surface area contributed by atoms with Crippen LogP contribution in [0, 0.1) is 19.8 Å². The van der Waals surface area contributed by atoms with Gasteiger partial charge < -0.3 is 20.3 Å². The first-order valence-corrected chi connectivity index (χ1v) is 13.7. The third-order valence-electron chi connectivity index (χ3n) is 8.46. The number of allylic oxidation sites excluding steroid dienone is 2. The topological polar surface area (TPSA) is 106 Å². The minimum Gasteiger partial charge on any atom is -0.508 e. The van der Waals surface area contributed by atoms with E-state index in [-0.39, 0.29) is 29.1 Å². The van der Waals surface area contributed by atoms with Gasteiger partial charge in [-0.15, -0.1) is 0 Å². The molecule has 4 N–H and O–H groups in total. The van der Waals surface area contributed by atoms with E-state index in [1.807, 2.05) is 34.6 Å². The van der Waals surface area contributed by atoms with Crippen molar-refractivity contribution >= 4 is 22.4 Å². The molecule has 1 aliphatic heterocycles. The van der Waals surface area contributed by atoms with Gasteiger partial charge in [-0.25, -0.2) is 0 Å². The number of hydrogen-bond acceptors (Lipinski definition) is 5. The van der Waals surface area contributed by atoms with Crippen LogP contribution in [0.4, 0.5) is 0 Å². The van der Waals surface area contributed by atoms with Crippen molar-refractivity contribution in [2.24, 2.45) is 10.9 Å². The van der Waals surface area contributed by atoms with Crippen molar-refractivity contribution < 1.29 is 20.1 Å². The lowest BCUT2D eigenvalue weighted by Crippen LogP contribution is -2.44. The lowest BCUT2D eigenvalue weighted by atomic mass is 9.67. The summed E-state index contributed by atoms with van der Waals surface area (Å²) in [4.78, 5) is 21.5. The number of hydrogen-bond donors (Lipinski definition) is 4. The van der Waals surface area contributed by atoms with E-state index in [2.05, 4.69) is 23.2 Å². The minimum absolute atomic E-state index is 0.0321. The van der Waals surface area contributed by atoms with Gasteiger partial charge in [0.1, 0.15) is 17.1 Å². The van der Waals surface area contributed by atoms with Crippen molar-refractivity contribution in [1.29, 1.82) is 0 Å². The van der Waals surface area contributed by atoms with Gasteiger partial charge in [0.05, 0.1) is 17.3 Å². The molecule has 0 fully saturated rings. The van der Waals surface area contributed by atoms with Crippen LogP contribution in [-0.2, 0) is 11.2 Å². The van der Waals surface area contributed by atoms with Gasteiger partial charge in [0.25, 0.3) is 0 Å². The maximum absolute atomic E-state index is 13.0. The molecular formula is C33H38N2O4. The predicted octanol–water partition coefficient (Wildman–Crippen LogP) is 6.29. The van der Waals surface area contributed by atoms with Crippen LogP contribution in [0.15, 0.2) is 52.6 Å². The van der Waals surface area contributed by atoms with E-state index in [9.17, 15) is 20.1 Å². The second-order valence-corrected chi connectivity index (χ2v) is 11.8.